The van der Waals surface area contributed by atoms with Gasteiger partial charge >= 0.3 is 0 Å². The molecule has 2 nitrogen and oxygen atoms in total. The van der Waals surface area contributed by atoms with Crippen molar-refractivity contribution in [3.05, 3.63) is 29.3 Å². The number of hydrogen-bond donors (Lipinski definition) is 0. The Morgan fingerprint density at radius 1 is 1.42 bits per heavy atom. The first kappa shape index (κ1) is 9.07. The van der Waals surface area contributed by atoms with Gasteiger partial charge in [-0.1, -0.05) is 0 Å². The van der Waals surface area contributed by atoms with Gasteiger partial charge in [0.2, 0.25) is 0 Å². The molecule has 0 heterocycles. The molecule has 0 bridgehead atoms. The number of ether oxygens (including phenoxy) is 1. The Balaban J connectivity index is 3.15. The van der Waals surface area contributed by atoms with Crippen molar-refractivity contribution in [1.82, 2.24) is 0 Å². The van der Waals surface area contributed by atoms with Crippen molar-refractivity contribution in [3.8, 4) is 5.75 Å². The highest BCUT2D eigenvalue weighted by molar-refractivity contribution is 6.67. The lowest BCUT2D eigenvalue weighted by atomic mass is 10.1. The first-order valence-electron chi connectivity index (χ1n) is 3.49. The van der Waals surface area contributed by atoms with Gasteiger partial charge in [0.25, 0.3) is 5.24 Å². The van der Waals surface area contributed by atoms with E-state index in [2.05, 4.69) is 0 Å². The second-order valence-electron chi connectivity index (χ2n) is 2.51. The Morgan fingerprint density at radius 2 is 2.08 bits per heavy atom. The van der Waals surface area contributed by atoms with Crippen molar-refractivity contribution >= 4 is 16.8 Å². The van der Waals surface area contributed by atoms with Crippen LogP contribution in [0.1, 0.15) is 15.9 Å². The van der Waals surface area contributed by atoms with E-state index in [9.17, 15) is 4.79 Å². The lowest BCUT2D eigenvalue weighted by Gasteiger charge is -2.02. The first-order chi connectivity index (χ1) is 5.63. The normalized spacial score (nSPS) is 9.58. The zero-order valence-corrected chi connectivity index (χ0v) is 7.68. The standard InChI is InChI=1S/C9H9ClO2/c1-6-3-7(9(10)11)5-8(4-6)12-2/h3-5H,1-2H3. The number of benzene rings is 1. The third-order valence-electron chi connectivity index (χ3n) is 1.51. The second kappa shape index (κ2) is 3.59. The number of methoxy groups -OCH3 is 1. The van der Waals surface area contributed by atoms with E-state index in [-0.39, 0.29) is 0 Å². The predicted molar refractivity (Wildman–Crippen MR) is 47.9 cm³/mol. The average molecular weight is 185 g/mol. The van der Waals surface area contributed by atoms with Crippen LogP contribution < -0.4 is 4.74 Å². The summed E-state index contributed by atoms with van der Waals surface area (Å²) in [4.78, 5) is 10.8. The second-order valence-corrected chi connectivity index (χ2v) is 2.86. The molecule has 0 unspecified atom stereocenters. The first-order valence-corrected chi connectivity index (χ1v) is 3.87. The lowest BCUT2D eigenvalue weighted by molar-refractivity contribution is 0.108. The Bertz CT molecular complexity index is 307. The molecule has 1 aromatic rings. The van der Waals surface area contributed by atoms with Crippen LogP contribution in [0, 0.1) is 6.92 Å². The van der Waals surface area contributed by atoms with Crippen LogP contribution >= 0.6 is 11.6 Å². The molecule has 0 aliphatic carbocycles. The summed E-state index contributed by atoms with van der Waals surface area (Å²) in [5, 5.41) is -0.461. The van der Waals surface area contributed by atoms with Crippen molar-refractivity contribution in [3.63, 3.8) is 0 Å². The van der Waals surface area contributed by atoms with E-state index >= 15 is 0 Å². The smallest absolute Gasteiger partial charge is 0.252 e. The van der Waals surface area contributed by atoms with Gasteiger partial charge in [0.05, 0.1) is 7.11 Å². The largest absolute Gasteiger partial charge is 0.497 e. The van der Waals surface area contributed by atoms with Crippen molar-refractivity contribution in [2.24, 2.45) is 0 Å². The molecule has 0 saturated heterocycles. The van der Waals surface area contributed by atoms with E-state index in [1.165, 1.54) is 0 Å². The molecule has 1 aromatic carbocycles. The van der Waals surface area contributed by atoms with Crippen molar-refractivity contribution in [2.75, 3.05) is 7.11 Å². The summed E-state index contributed by atoms with van der Waals surface area (Å²) in [5.74, 6) is 0.652. The van der Waals surface area contributed by atoms with Crippen LogP contribution in [-0.2, 0) is 0 Å². The Hall–Kier alpha value is -1.02. The predicted octanol–water partition coefficient (Wildman–Crippen LogP) is 2.38. The number of carbonyl (C=O) groups is 1. The Labute approximate surface area is 76.1 Å². The van der Waals surface area contributed by atoms with Gasteiger partial charge < -0.3 is 4.74 Å². The van der Waals surface area contributed by atoms with Crippen LogP contribution in [0.4, 0.5) is 0 Å². The van der Waals surface area contributed by atoms with Crippen LogP contribution in [0.25, 0.3) is 0 Å². The van der Waals surface area contributed by atoms with Crippen molar-refractivity contribution in [1.29, 1.82) is 0 Å². The molecular formula is C9H9ClO2. The molecule has 0 aliphatic heterocycles. The van der Waals surface area contributed by atoms with E-state index in [0.717, 1.165) is 5.56 Å². The molecule has 0 saturated carbocycles. The summed E-state index contributed by atoms with van der Waals surface area (Å²) in [6, 6.07) is 5.17. The molecule has 12 heavy (non-hydrogen) atoms. The fourth-order valence-corrected chi connectivity index (χ4v) is 1.09. The van der Waals surface area contributed by atoms with Gasteiger partial charge in [-0.05, 0) is 42.3 Å². The summed E-state index contributed by atoms with van der Waals surface area (Å²) in [6.45, 7) is 1.88. The SMILES string of the molecule is COc1cc(C)cc(C(=O)Cl)c1. The highest BCUT2D eigenvalue weighted by Crippen LogP contribution is 2.17. The van der Waals surface area contributed by atoms with E-state index < -0.39 is 5.24 Å². The fourth-order valence-electron chi connectivity index (χ4n) is 0.979. The highest BCUT2D eigenvalue weighted by Gasteiger charge is 2.03. The minimum atomic E-state index is -0.461. The fraction of sp³-hybridized carbons (Fsp3) is 0.222. The van der Waals surface area contributed by atoms with E-state index in [1.54, 1.807) is 19.2 Å². The Kier molecular flexibility index (Phi) is 2.71. The molecule has 0 fully saturated rings. The van der Waals surface area contributed by atoms with Gasteiger partial charge in [-0.25, -0.2) is 0 Å². The lowest BCUT2D eigenvalue weighted by Crippen LogP contribution is -1.92. The molecular weight excluding hydrogens is 176 g/mol. The third kappa shape index (κ3) is 1.98. The molecule has 0 radical (unpaired) electrons. The summed E-state index contributed by atoms with van der Waals surface area (Å²) in [5.41, 5.74) is 1.42. The van der Waals surface area contributed by atoms with Gasteiger partial charge in [-0.3, -0.25) is 4.79 Å². The summed E-state index contributed by atoms with van der Waals surface area (Å²) in [6.07, 6.45) is 0. The molecule has 64 valence electrons. The minimum Gasteiger partial charge on any atom is -0.497 e. The van der Waals surface area contributed by atoms with Gasteiger partial charge in [0.15, 0.2) is 0 Å². The van der Waals surface area contributed by atoms with Gasteiger partial charge in [0.1, 0.15) is 5.75 Å². The van der Waals surface area contributed by atoms with Crippen molar-refractivity contribution in [2.45, 2.75) is 6.92 Å². The van der Waals surface area contributed by atoms with Crippen LogP contribution in [0.5, 0.6) is 5.75 Å². The number of rotatable bonds is 2. The van der Waals surface area contributed by atoms with Crippen LogP contribution in [-0.4, -0.2) is 12.4 Å². The molecule has 0 spiro atoms. The topological polar surface area (TPSA) is 26.3 Å². The molecule has 0 atom stereocenters. The van der Waals surface area contributed by atoms with Crippen LogP contribution in [0.3, 0.4) is 0 Å². The van der Waals surface area contributed by atoms with Crippen LogP contribution in [0.2, 0.25) is 0 Å². The summed E-state index contributed by atoms with van der Waals surface area (Å²) >= 11 is 5.31. The third-order valence-corrected chi connectivity index (χ3v) is 1.73. The molecule has 1 rings (SSSR count). The van der Waals surface area contributed by atoms with E-state index in [1.807, 2.05) is 13.0 Å². The maximum atomic E-state index is 10.8. The molecule has 0 aromatic heterocycles. The van der Waals surface area contributed by atoms with Gasteiger partial charge in [-0.15, -0.1) is 0 Å². The average Bonchev–Trinajstić information content (AvgIpc) is 2.03. The zero-order valence-electron chi connectivity index (χ0n) is 6.93. The van der Waals surface area contributed by atoms with Crippen LogP contribution in [0.15, 0.2) is 18.2 Å². The maximum Gasteiger partial charge on any atom is 0.252 e. The van der Waals surface area contributed by atoms with Gasteiger partial charge in [-0.2, -0.15) is 0 Å². The van der Waals surface area contributed by atoms with E-state index in [0.29, 0.717) is 11.3 Å². The highest BCUT2D eigenvalue weighted by atomic mass is 35.5. The number of carbonyl (C=O) groups excluding carboxylic acids is 1. The molecule has 0 aliphatic rings. The molecule has 0 amide bonds. The Morgan fingerprint density at radius 3 is 2.58 bits per heavy atom. The maximum absolute atomic E-state index is 10.8. The van der Waals surface area contributed by atoms with Gasteiger partial charge in [0, 0.05) is 5.56 Å². The number of halogens is 1. The van der Waals surface area contributed by atoms with Crippen molar-refractivity contribution < 1.29 is 9.53 Å². The zero-order chi connectivity index (χ0) is 9.14. The monoisotopic (exact) mass is 184 g/mol. The number of hydrogen-bond acceptors (Lipinski definition) is 2. The summed E-state index contributed by atoms with van der Waals surface area (Å²) < 4.78 is 4.97. The molecule has 3 heteroatoms. The molecule has 0 N–H and O–H groups in total. The quantitative estimate of drug-likeness (QED) is 0.660. The minimum absolute atomic E-state index is 0.461. The van der Waals surface area contributed by atoms with E-state index in [4.69, 9.17) is 16.3 Å². The number of aryl methyl sites for hydroxylation is 1. The summed E-state index contributed by atoms with van der Waals surface area (Å²) in [7, 11) is 1.55.